The predicted octanol–water partition coefficient (Wildman–Crippen LogP) is 4.04. The molecular weight excluding hydrogens is 294 g/mol. The van der Waals surface area contributed by atoms with E-state index in [-0.39, 0.29) is 6.04 Å². The van der Waals surface area contributed by atoms with Crippen molar-refractivity contribution in [3.05, 3.63) is 48.4 Å². The summed E-state index contributed by atoms with van der Waals surface area (Å²) >= 11 is 0. The standard InChI is InChI=1S/C17H19N3O3/c1-2-6-13(14-7-4-10-21-14)20(9-3-1)12-16-18-19-17(23-16)15-8-5-11-22-15/h4-5,7-8,10-11,13H,1-3,6,9,12H2. The highest BCUT2D eigenvalue weighted by Crippen LogP contribution is 2.31. The molecule has 4 rings (SSSR count). The van der Waals surface area contributed by atoms with Crippen LogP contribution in [0.25, 0.3) is 11.7 Å². The average Bonchev–Trinajstić information content (AvgIpc) is 3.29. The molecule has 6 nitrogen and oxygen atoms in total. The van der Waals surface area contributed by atoms with Crippen LogP contribution in [0, 0.1) is 0 Å². The molecule has 0 aromatic carbocycles. The molecule has 4 heterocycles. The second-order valence-electron chi connectivity index (χ2n) is 5.83. The van der Waals surface area contributed by atoms with Crippen molar-refractivity contribution in [2.45, 2.75) is 38.3 Å². The fraction of sp³-hybridized carbons (Fsp3) is 0.412. The fourth-order valence-electron chi connectivity index (χ4n) is 3.15. The van der Waals surface area contributed by atoms with Crippen LogP contribution in [-0.4, -0.2) is 21.6 Å². The maximum atomic E-state index is 5.75. The number of hydrogen-bond acceptors (Lipinski definition) is 6. The summed E-state index contributed by atoms with van der Waals surface area (Å²) in [6.07, 6.45) is 8.06. The van der Waals surface area contributed by atoms with Crippen molar-refractivity contribution in [2.24, 2.45) is 0 Å². The number of furan rings is 2. The minimum Gasteiger partial charge on any atom is -0.468 e. The van der Waals surface area contributed by atoms with E-state index in [1.54, 1.807) is 18.6 Å². The molecule has 120 valence electrons. The first kappa shape index (κ1) is 14.3. The molecule has 0 bridgehead atoms. The smallest absolute Gasteiger partial charge is 0.283 e. The molecule has 0 saturated carbocycles. The van der Waals surface area contributed by atoms with Crippen LogP contribution < -0.4 is 0 Å². The van der Waals surface area contributed by atoms with E-state index >= 15 is 0 Å². The lowest BCUT2D eigenvalue weighted by molar-refractivity contribution is 0.155. The van der Waals surface area contributed by atoms with Crippen LogP contribution in [0.3, 0.4) is 0 Å². The maximum Gasteiger partial charge on any atom is 0.283 e. The molecule has 1 aliphatic rings. The zero-order valence-electron chi connectivity index (χ0n) is 12.9. The van der Waals surface area contributed by atoms with Gasteiger partial charge in [0, 0.05) is 0 Å². The van der Waals surface area contributed by atoms with Crippen molar-refractivity contribution in [1.82, 2.24) is 15.1 Å². The molecule has 3 aromatic heterocycles. The molecule has 1 fully saturated rings. The number of likely N-dealkylation sites (tertiary alicyclic amines) is 1. The Balaban J connectivity index is 1.53. The molecule has 0 N–H and O–H groups in total. The lowest BCUT2D eigenvalue weighted by Gasteiger charge is -2.26. The van der Waals surface area contributed by atoms with Crippen LogP contribution >= 0.6 is 0 Å². The monoisotopic (exact) mass is 313 g/mol. The van der Waals surface area contributed by atoms with Gasteiger partial charge in [0.05, 0.1) is 25.1 Å². The third kappa shape index (κ3) is 3.07. The Hall–Kier alpha value is -2.34. The van der Waals surface area contributed by atoms with Gasteiger partial charge in [0.1, 0.15) is 5.76 Å². The van der Waals surface area contributed by atoms with Crippen LogP contribution in [0.15, 0.2) is 50.0 Å². The van der Waals surface area contributed by atoms with Crippen LogP contribution in [-0.2, 0) is 6.54 Å². The van der Waals surface area contributed by atoms with E-state index in [4.69, 9.17) is 13.3 Å². The number of aromatic nitrogens is 2. The minimum absolute atomic E-state index is 0.270. The summed E-state index contributed by atoms with van der Waals surface area (Å²) in [6.45, 7) is 1.63. The molecule has 1 aliphatic heterocycles. The summed E-state index contributed by atoms with van der Waals surface area (Å²) in [7, 11) is 0. The van der Waals surface area contributed by atoms with Crippen LogP contribution in [0.1, 0.15) is 43.4 Å². The SMILES string of the molecule is c1coc(-c2nnc(CN3CCCCCC3c3ccco3)o2)c1. The number of nitrogens with zero attached hydrogens (tertiary/aromatic N) is 3. The Kier molecular flexibility index (Phi) is 3.98. The Bertz CT molecular complexity index is 718. The lowest BCUT2D eigenvalue weighted by Crippen LogP contribution is -2.28. The largest absolute Gasteiger partial charge is 0.468 e. The van der Waals surface area contributed by atoms with Crippen LogP contribution in [0.5, 0.6) is 0 Å². The quantitative estimate of drug-likeness (QED) is 0.724. The molecule has 1 atom stereocenters. The Labute approximate surface area is 134 Å². The molecule has 3 aromatic rings. The first-order chi connectivity index (χ1) is 11.4. The van der Waals surface area contributed by atoms with E-state index in [1.807, 2.05) is 18.2 Å². The highest BCUT2D eigenvalue weighted by Gasteiger charge is 2.26. The second kappa shape index (κ2) is 6.42. The lowest BCUT2D eigenvalue weighted by atomic mass is 10.1. The van der Waals surface area contributed by atoms with Gasteiger partial charge in [-0.15, -0.1) is 10.2 Å². The number of rotatable bonds is 4. The van der Waals surface area contributed by atoms with Gasteiger partial charge in [-0.25, -0.2) is 0 Å². The fourth-order valence-corrected chi connectivity index (χ4v) is 3.15. The summed E-state index contributed by atoms with van der Waals surface area (Å²) in [4.78, 5) is 2.37. The van der Waals surface area contributed by atoms with Gasteiger partial charge in [0.15, 0.2) is 5.76 Å². The van der Waals surface area contributed by atoms with Gasteiger partial charge in [0.2, 0.25) is 5.89 Å². The van der Waals surface area contributed by atoms with Crippen LogP contribution in [0.4, 0.5) is 0 Å². The van der Waals surface area contributed by atoms with Gasteiger partial charge in [-0.05, 0) is 43.7 Å². The van der Waals surface area contributed by atoms with Gasteiger partial charge in [-0.2, -0.15) is 0 Å². The van der Waals surface area contributed by atoms with Crippen molar-refractivity contribution in [3.8, 4) is 11.7 Å². The molecule has 6 heteroatoms. The van der Waals surface area contributed by atoms with Gasteiger partial charge in [-0.3, -0.25) is 4.90 Å². The maximum absolute atomic E-state index is 5.75. The predicted molar refractivity (Wildman–Crippen MR) is 82.3 cm³/mol. The normalized spacial score (nSPS) is 19.7. The first-order valence-electron chi connectivity index (χ1n) is 8.04. The van der Waals surface area contributed by atoms with E-state index in [2.05, 4.69) is 15.1 Å². The molecule has 23 heavy (non-hydrogen) atoms. The van der Waals surface area contributed by atoms with Gasteiger partial charge < -0.3 is 13.3 Å². The molecule has 1 unspecified atom stereocenters. The van der Waals surface area contributed by atoms with E-state index in [0.29, 0.717) is 24.1 Å². The third-order valence-corrected chi connectivity index (χ3v) is 4.27. The van der Waals surface area contributed by atoms with Gasteiger partial charge in [0.25, 0.3) is 5.89 Å². The summed E-state index contributed by atoms with van der Waals surface area (Å²) < 4.78 is 16.7. The molecule has 1 saturated heterocycles. The highest BCUT2D eigenvalue weighted by molar-refractivity contribution is 5.42. The Morgan fingerprint density at radius 3 is 2.78 bits per heavy atom. The Morgan fingerprint density at radius 1 is 1.04 bits per heavy atom. The van der Waals surface area contributed by atoms with Crippen molar-refractivity contribution < 1.29 is 13.3 Å². The van der Waals surface area contributed by atoms with E-state index in [9.17, 15) is 0 Å². The molecule has 0 amide bonds. The first-order valence-corrected chi connectivity index (χ1v) is 8.04. The van der Waals surface area contributed by atoms with Crippen molar-refractivity contribution in [1.29, 1.82) is 0 Å². The minimum atomic E-state index is 0.270. The van der Waals surface area contributed by atoms with Gasteiger partial charge in [-0.1, -0.05) is 12.8 Å². The second-order valence-corrected chi connectivity index (χ2v) is 5.83. The van der Waals surface area contributed by atoms with Crippen LogP contribution in [0.2, 0.25) is 0 Å². The van der Waals surface area contributed by atoms with E-state index in [1.165, 1.54) is 19.3 Å². The van der Waals surface area contributed by atoms with Crippen molar-refractivity contribution in [2.75, 3.05) is 6.54 Å². The summed E-state index contributed by atoms with van der Waals surface area (Å²) in [5.41, 5.74) is 0. The topological polar surface area (TPSA) is 68.4 Å². The average molecular weight is 313 g/mol. The molecular formula is C17H19N3O3. The summed E-state index contributed by atoms with van der Waals surface area (Å²) in [5, 5.41) is 8.24. The third-order valence-electron chi connectivity index (χ3n) is 4.27. The molecule has 0 radical (unpaired) electrons. The zero-order valence-corrected chi connectivity index (χ0v) is 12.9. The highest BCUT2D eigenvalue weighted by atomic mass is 16.4. The van der Waals surface area contributed by atoms with E-state index < -0.39 is 0 Å². The molecule has 0 spiro atoms. The zero-order chi connectivity index (χ0) is 15.5. The summed E-state index contributed by atoms with van der Waals surface area (Å²) in [5.74, 6) is 2.64. The van der Waals surface area contributed by atoms with Gasteiger partial charge >= 0.3 is 0 Å². The number of hydrogen-bond donors (Lipinski definition) is 0. The van der Waals surface area contributed by atoms with Crippen molar-refractivity contribution >= 4 is 0 Å². The van der Waals surface area contributed by atoms with Crippen molar-refractivity contribution in [3.63, 3.8) is 0 Å². The van der Waals surface area contributed by atoms with E-state index in [0.717, 1.165) is 18.7 Å². The summed E-state index contributed by atoms with van der Waals surface area (Å²) in [6, 6.07) is 7.88. The molecule has 0 aliphatic carbocycles. The Morgan fingerprint density at radius 2 is 1.96 bits per heavy atom.